The van der Waals surface area contributed by atoms with Crippen LogP contribution in [0.5, 0.6) is 0 Å². The fourth-order valence-corrected chi connectivity index (χ4v) is 2.99. The van der Waals surface area contributed by atoms with Gasteiger partial charge in [0.1, 0.15) is 0 Å². The van der Waals surface area contributed by atoms with E-state index in [2.05, 4.69) is 26.0 Å². The lowest BCUT2D eigenvalue weighted by Gasteiger charge is -2.21. The first-order chi connectivity index (χ1) is 7.25. The topological polar surface area (TPSA) is 0 Å². The Kier molecular flexibility index (Phi) is 3.66. The minimum atomic E-state index is 0.815. The molecule has 0 saturated heterocycles. The van der Waals surface area contributed by atoms with E-state index in [1.54, 1.807) is 11.1 Å². The van der Waals surface area contributed by atoms with Crippen LogP contribution < -0.4 is 0 Å². The van der Waals surface area contributed by atoms with Gasteiger partial charge in [0.05, 0.1) is 0 Å². The summed E-state index contributed by atoms with van der Waals surface area (Å²) in [6.07, 6.45) is 14.8. The molecule has 0 bridgehead atoms. The van der Waals surface area contributed by atoms with Crippen molar-refractivity contribution in [3.63, 3.8) is 0 Å². The quantitative estimate of drug-likeness (QED) is 0.615. The molecule has 0 nitrogen and oxygen atoms in total. The second kappa shape index (κ2) is 5.01. The van der Waals surface area contributed by atoms with Gasteiger partial charge in [-0.25, -0.2) is 0 Å². The van der Waals surface area contributed by atoms with Crippen LogP contribution in [0.25, 0.3) is 0 Å². The van der Waals surface area contributed by atoms with Gasteiger partial charge in [-0.15, -0.1) is 0 Å². The van der Waals surface area contributed by atoms with E-state index in [0.717, 1.165) is 11.8 Å². The SMILES string of the molecule is CC(C)CC1=CC(C2CCCCC2)=CC1. The standard InChI is InChI=1S/C15H24/c1-12(2)10-13-8-9-15(11-13)14-6-4-3-5-7-14/h9,11-12,14H,3-8,10H2,1-2H3. The highest BCUT2D eigenvalue weighted by molar-refractivity contribution is 5.34. The predicted molar refractivity (Wildman–Crippen MR) is 66.8 cm³/mol. The van der Waals surface area contributed by atoms with Crippen LogP contribution in [-0.2, 0) is 0 Å². The van der Waals surface area contributed by atoms with Gasteiger partial charge in [0.2, 0.25) is 0 Å². The predicted octanol–water partition coefficient (Wildman–Crippen LogP) is 4.87. The summed E-state index contributed by atoms with van der Waals surface area (Å²) in [6.45, 7) is 4.64. The third-order valence-electron chi connectivity index (χ3n) is 3.72. The average Bonchev–Trinajstić information content (AvgIpc) is 2.67. The highest BCUT2D eigenvalue weighted by Gasteiger charge is 2.19. The van der Waals surface area contributed by atoms with E-state index in [-0.39, 0.29) is 0 Å². The van der Waals surface area contributed by atoms with Crippen molar-refractivity contribution < 1.29 is 0 Å². The van der Waals surface area contributed by atoms with Crippen molar-refractivity contribution >= 4 is 0 Å². The van der Waals surface area contributed by atoms with Crippen LogP contribution >= 0.6 is 0 Å². The van der Waals surface area contributed by atoms with Gasteiger partial charge < -0.3 is 0 Å². The Labute approximate surface area is 94.5 Å². The summed E-state index contributed by atoms with van der Waals surface area (Å²) in [5.74, 6) is 1.72. The molecule has 0 heteroatoms. The Hall–Kier alpha value is -0.520. The van der Waals surface area contributed by atoms with Crippen LogP contribution in [0, 0.1) is 11.8 Å². The maximum atomic E-state index is 2.51. The Balaban J connectivity index is 1.91. The van der Waals surface area contributed by atoms with Crippen molar-refractivity contribution in [2.24, 2.45) is 11.8 Å². The van der Waals surface area contributed by atoms with Crippen LogP contribution in [0.4, 0.5) is 0 Å². The number of allylic oxidation sites excluding steroid dienone is 4. The van der Waals surface area contributed by atoms with Crippen LogP contribution in [-0.4, -0.2) is 0 Å². The van der Waals surface area contributed by atoms with Crippen molar-refractivity contribution in [3.05, 3.63) is 23.3 Å². The molecule has 84 valence electrons. The zero-order chi connectivity index (χ0) is 10.7. The molecular weight excluding hydrogens is 180 g/mol. The highest BCUT2D eigenvalue weighted by atomic mass is 14.2. The van der Waals surface area contributed by atoms with Gasteiger partial charge in [0.25, 0.3) is 0 Å². The molecule has 0 N–H and O–H groups in total. The van der Waals surface area contributed by atoms with Gasteiger partial charge in [0, 0.05) is 0 Å². The fraction of sp³-hybridized carbons (Fsp3) is 0.733. The summed E-state index contributed by atoms with van der Waals surface area (Å²) >= 11 is 0. The first kappa shape index (κ1) is 11.0. The Bertz CT molecular complexity index is 262. The summed E-state index contributed by atoms with van der Waals surface area (Å²) in [5, 5.41) is 0. The van der Waals surface area contributed by atoms with Crippen molar-refractivity contribution in [1.82, 2.24) is 0 Å². The van der Waals surface area contributed by atoms with Gasteiger partial charge in [-0.05, 0) is 43.1 Å². The molecule has 0 radical (unpaired) electrons. The molecule has 0 aromatic rings. The lowest BCUT2D eigenvalue weighted by Crippen LogP contribution is -2.07. The smallest absolute Gasteiger partial charge is 0.0130 e. The molecule has 0 aliphatic heterocycles. The Morgan fingerprint density at radius 1 is 1.20 bits per heavy atom. The highest BCUT2D eigenvalue weighted by Crippen LogP contribution is 2.35. The first-order valence-electron chi connectivity index (χ1n) is 6.65. The number of hydrogen-bond donors (Lipinski definition) is 0. The van der Waals surface area contributed by atoms with Crippen LogP contribution in [0.2, 0.25) is 0 Å². The van der Waals surface area contributed by atoms with E-state index >= 15 is 0 Å². The summed E-state index contributed by atoms with van der Waals surface area (Å²) in [4.78, 5) is 0. The summed E-state index contributed by atoms with van der Waals surface area (Å²) < 4.78 is 0. The van der Waals surface area contributed by atoms with Gasteiger partial charge in [-0.2, -0.15) is 0 Å². The molecule has 2 aliphatic rings. The average molecular weight is 204 g/mol. The Morgan fingerprint density at radius 3 is 2.60 bits per heavy atom. The molecule has 0 aromatic carbocycles. The van der Waals surface area contributed by atoms with E-state index in [4.69, 9.17) is 0 Å². The van der Waals surface area contributed by atoms with E-state index < -0.39 is 0 Å². The molecule has 2 aliphatic carbocycles. The van der Waals surface area contributed by atoms with Gasteiger partial charge in [-0.3, -0.25) is 0 Å². The Morgan fingerprint density at radius 2 is 1.93 bits per heavy atom. The second-order valence-electron chi connectivity index (χ2n) is 5.64. The molecule has 0 spiro atoms. The summed E-state index contributed by atoms with van der Waals surface area (Å²) in [6, 6.07) is 0. The maximum absolute atomic E-state index is 2.51. The second-order valence-corrected chi connectivity index (χ2v) is 5.64. The summed E-state index contributed by atoms with van der Waals surface area (Å²) in [5.41, 5.74) is 3.34. The third kappa shape index (κ3) is 2.96. The molecule has 15 heavy (non-hydrogen) atoms. The van der Waals surface area contributed by atoms with Crippen molar-refractivity contribution in [3.8, 4) is 0 Å². The molecule has 1 saturated carbocycles. The molecule has 1 fully saturated rings. The van der Waals surface area contributed by atoms with Crippen molar-refractivity contribution in [1.29, 1.82) is 0 Å². The minimum Gasteiger partial charge on any atom is -0.0770 e. The lowest BCUT2D eigenvalue weighted by atomic mass is 9.84. The molecule has 0 unspecified atom stereocenters. The van der Waals surface area contributed by atoms with Crippen LogP contribution in [0.1, 0.15) is 58.8 Å². The number of hydrogen-bond acceptors (Lipinski definition) is 0. The van der Waals surface area contributed by atoms with E-state index in [0.29, 0.717) is 0 Å². The van der Waals surface area contributed by atoms with Crippen LogP contribution in [0.3, 0.4) is 0 Å². The fourth-order valence-electron chi connectivity index (χ4n) is 2.99. The van der Waals surface area contributed by atoms with Gasteiger partial charge >= 0.3 is 0 Å². The monoisotopic (exact) mass is 204 g/mol. The molecule has 0 aromatic heterocycles. The molecule has 0 heterocycles. The zero-order valence-corrected chi connectivity index (χ0v) is 10.3. The maximum Gasteiger partial charge on any atom is -0.0130 e. The molecular formula is C15H24. The van der Waals surface area contributed by atoms with Gasteiger partial charge in [-0.1, -0.05) is 50.8 Å². The minimum absolute atomic E-state index is 0.815. The van der Waals surface area contributed by atoms with Crippen LogP contribution in [0.15, 0.2) is 23.3 Å². The normalized spacial score (nSPS) is 23.1. The lowest BCUT2D eigenvalue weighted by molar-refractivity contribution is 0.408. The molecule has 2 rings (SSSR count). The largest absolute Gasteiger partial charge is 0.0770 e. The van der Waals surface area contributed by atoms with Crippen molar-refractivity contribution in [2.45, 2.75) is 58.8 Å². The zero-order valence-electron chi connectivity index (χ0n) is 10.3. The number of rotatable bonds is 3. The molecule has 0 amide bonds. The van der Waals surface area contributed by atoms with Gasteiger partial charge in [0.15, 0.2) is 0 Å². The van der Waals surface area contributed by atoms with E-state index in [1.165, 1.54) is 44.9 Å². The molecule has 0 atom stereocenters. The first-order valence-corrected chi connectivity index (χ1v) is 6.65. The van der Waals surface area contributed by atoms with Crippen molar-refractivity contribution in [2.75, 3.05) is 0 Å². The van der Waals surface area contributed by atoms with E-state index in [1.807, 2.05) is 0 Å². The third-order valence-corrected chi connectivity index (χ3v) is 3.72. The van der Waals surface area contributed by atoms with E-state index in [9.17, 15) is 0 Å². The summed E-state index contributed by atoms with van der Waals surface area (Å²) in [7, 11) is 0.